The van der Waals surface area contributed by atoms with E-state index in [2.05, 4.69) is 13.8 Å². The Balaban J connectivity index is 1.45. The van der Waals surface area contributed by atoms with Gasteiger partial charge in [-0.1, -0.05) is 31.2 Å². The van der Waals surface area contributed by atoms with E-state index in [0.29, 0.717) is 42.4 Å². The lowest BCUT2D eigenvalue weighted by molar-refractivity contribution is -0.176. The predicted molar refractivity (Wildman–Crippen MR) is 115 cm³/mol. The topological polar surface area (TPSA) is 60.4 Å². The van der Waals surface area contributed by atoms with Gasteiger partial charge < -0.3 is 4.74 Å². The molecule has 4 nitrogen and oxygen atoms in total. The van der Waals surface area contributed by atoms with Crippen molar-refractivity contribution in [1.29, 1.82) is 0 Å². The molecule has 6 aliphatic rings. The third-order valence-corrected chi connectivity index (χ3v) is 11.5. The Labute approximate surface area is 182 Å². The molecule has 0 aromatic carbocycles. The molecule has 9 atom stereocenters. The highest BCUT2D eigenvalue weighted by atomic mass is 32.2. The standard InChI is InChI=1S/C25H32O4S/c1-13(26)30-19-11-14-10-15(27)4-7-23(14,2)17-5-8-24(3)22(21(17)19)16-12-18(16)25(24)9-6-20(28)29-25/h10,16-19,21-22H,4-9,11-12H2,1-3H3/t16-,17?,18+,19-,21?,22?,23?,24?,25+/m1/s1. The number of allylic oxidation sites excluding steroid dienone is 1. The number of carbonyl (C=O) groups excluding carboxylic acids is 3. The Morgan fingerprint density at radius 3 is 2.63 bits per heavy atom. The van der Waals surface area contributed by atoms with E-state index in [9.17, 15) is 14.4 Å². The van der Waals surface area contributed by atoms with Crippen molar-refractivity contribution in [3.8, 4) is 0 Å². The summed E-state index contributed by atoms with van der Waals surface area (Å²) in [7, 11) is 0. The van der Waals surface area contributed by atoms with Crippen molar-refractivity contribution in [3.63, 3.8) is 0 Å². The number of esters is 1. The summed E-state index contributed by atoms with van der Waals surface area (Å²) in [5.74, 6) is 2.94. The maximum Gasteiger partial charge on any atom is 0.306 e. The van der Waals surface area contributed by atoms with E-state index in [4.69, 9.17) is 4.74 Å². The number of fused-ring (bicyclic) bond motifs is 9. The molecule has 4 saturated carbocycles. The van der Waals surface area contributed by atoms with Gasteiger partial charge in [0.2, 0.25) is 0 Å². The molecule has 162 valence electrons. The molecule has 0 bridgehead atoms. The summed E-state index contributed by atoms with van der Waals surface area (Å²) < 4.78 is 6.21. The van der Waals surface area contributed by atoms with Crippen LogP contribution in [0, 0.1) is 40.4 Å². The third-order valence-electron chi connectivity index (χ3n) is 10.4. The largest absolute Gasteiger partial charge is 0.458 e. The van der Waals surface area contributed by atoms with Gasteiger partial charge in [0.1, 0.15) is 5.60 Å². The van der Waals surface area contributed by atoms with Crippen molar-refractivity contribution in [2.24, 2.45) is 40.4 Å². The number of hydrogen-bond donors (Lipinski definition) is 0. The second-order valence-electron chi connectivity index (χ2n) is 11.4. The average Bonchev–Trinajstić information content (AvgIpc) is 3.31. The molecule has 1 aliphatic heterocycles. The Morgan fingerprint density at radius 2 is 1.93 bits per heavy atom. The maximum atomic E-state index is 12.3. The average molecular weight is 429 g/mol. The molecule has 5 fully saturated rings. The number of carbonyl (C=O) groups is 3. The molecular weight excluding hydrogens is 396 g/mol. The summed E-state index contributed by atoms with van der Waals surface area (Å²) in [6.07, 6.45) is 9.27. The molecule has 1 heterocycles. The summed E-state index contributed by atoms with van der Waals surface area (Å²) >= 11 is 1.52. The molecule has 5 unspecified atom stereocenters. The quantitative estimate of drug-likeness (QED) is 0.566. The van der Waals surface area contributed by atoms with Gasteiger partial charge in [0.15, 0.2) is 10.9 Å². The van der Waals surface area contributed by atoms with Crippen LogP contribution in [0.1, 0.15) is 72.1 Å². The van der Waals surface area contributed by atoms with E-state index >= 15 is 0 Å². The fourth-order valence-corrected chi connectivity index (χ4v) is 10.4. The van der Waals surface area contributed by atoms with Gasteiger partial charge in [-0.3, -0.25) is 14.4 Å². The van der Waals surface area contributed by atoms with Crippen molar-refractivity contribution in [3.05, 3.63) is 11.6 Å². The smallest absolute Gasteiger partial charge is 0.306 e. The van der Waals surface area contributed by atoms with E-state index < -0.39 is 0 Å². The molecule has 30 heavy (non-hydrogen) atoms. The van der Waals surface area contributed by atoms with Gasteiger partial charge in [0.05, 0.1) is 0 Å². The Kier molecular flexibility index (Phi) is 3.93. The van der Waals surface area contributed by atoms with Gasteiger partial charge in [-0.15, -0.1) is 0 Å². The summed E-state index contributed by atoms with van der Waals surface area (Å²) in [6, 6.07) is 0. The van der Waals surface area contributed by atoms with Gasteiger partial charge >= 0.3 is 5.97 Å². The summed E-state index contributed by atoms with van der Waals surface area (Å²) in [5.41, 5.74) is 1.16. The van der Waals surface area contributed by atoms with Crippen LogP contribution in [0.15, 0.2) is 11.6 Å². The highest BCUT2D eigenvalue weighted by Crippen LogP contribution is 2.79. The van der Waals surface area contributed by atoms with Crippen molar-refractivity contribution in [2.75, 3.05) is 0 Å². The van der Waals surface area contributed by atoms with Gasteiger partial charge in [-0.2, -0.15) is 0 Å². The van der Waals surface area contributed by atoms with Crippen LogP contribution < -0.4 is 0 Å². The molecule has 5 heteroatoms. The lowest BCUT2D eigenvalue weighted by Gasteiger charge is -2.62. The van der Waals surface area contributed by atoms with Crippen molar-refractivity contribution >= 4 is 28.6 Å². The first-order valence-electron chi connectivity index (χ1n) is 11.8. The molecule has 6 rings (SSSR count). The van der Waals surface area contributed by atoms with E-state index in [1.165, 1.54) is 23.8 Å². The monoisotopic (exact) mass is 428 g/mol. The van der Waals surface area contributed by atoms with Crippen LogP contribution in [0.25, 0.3) is 0 Å². The molecule has 0 aromatic heterocycles. The van der Waals surface area contributed by atoms with Crippen LogP contribution in [0.2, 0.25) is 0 Å². The van der Waals surface area contributed by atoms with Crippen molar-refractivity contribution in [1.82, 2.24) is 0 Å². The summed E-state index contributed by atoms with van der Waals surface area (Å²) in [4.78, 5) is 36.7. The molecule has 5 aliphatic carbocycles. The number of ketones is 1. The van der Waals surface area contributed by atoms with Crippen LogP contribution >= 0.6 is 11.8 Å². The summed E-state index contributed by atoms with van der Waals surface area (Å²) in [6.45, 7) is 6.49. The van der Waals surface area contributed by atoms with Crippen molar-refractivity contribution in [2.45, 2.75) is 83.0 Å². The van der Waals surface area contributed by atoms with Gasteiger partial charge in [0.25, 0.3) is 0 Å². The minimum absolute atomic E-state index is 0.00840. The third kappa shape index (κ3) is 2.28. The van der Waals surface area contributed by atoms with Gasteiger partial charge in [0, 0.05) is 36.3 Å². The second-order valence-corrected chi connectivity index (χ2v) is 12.9. The zero-order chi connectivity index (χ0) is 21.1. The molecule has 1 spiro atoms. The van der Waals surface area contributed by atoms with E-state index in [1.54, 1.807) is 6.92 Å². The normalized spacial score (nSPS) is 53.4. The second kappa shape index (κ2) is 6.02. The number of thioether (sulfide) groups is 1. The molecule has 0 N–H and O–H groups in total. The first-order chi connectivity index (χ1) is 14.2. The van der Waals surface area contributed by atoms with Gasteiger partial charge in [-0.25, -0.2) is 0 Å². The fraction of sp³-hybridized carbons (Fsp3) is 0.800. The zero-order valence-corrected chi connectivity index (χ0v) is 19.1. The van der Waals surface area contributed by atoms with E-state index in [0.717, 1.165) is 32.1 Å². The molecular formula is C25H32O4S. The van der Waals surface area contributed by atoms with E-state index in [-0.39, 0.29) is 38.5 Å². The number of rotatable bonds is 1. The molecule has 1 saturated heterocycles. The van der Waals surface area contributed by atoms with Crippen LogP contribution in [0.5, 0.6) is 0 Å². The van der Waals surface area contributed by atoms with Crippen LogP contribution in [0.3, 0.4) is 0 Å². The minimum Gasteiger partial charge on any atom is -0.458 e. The van der Waals surface area contributed by atoms with Gasteiger partial charge in [-0.05, 0) is 73.7 Å². The van der Waals surface area contributed by atoms with Crippen LogP contribution in [0.4, 0.5) is 0 Å². The summed E-state index contributed by atoms with van der Waals surface area (Å²) in [5, 5.41) is 0.431. The highest BCUT2D eigenvalue weighted by molar-refractivity contribution is 8.14. The van der Waals surface area contributed by atoms with Crippen LogP contribution in [-0.4, -0.2) is 27.7 Å². The predicted octanol–water partition coefficient (Wildman–Crippen LogP) is 4.71. The lowest BCUT2D eigenvalue weighted by Crippen LogP contribution is -2.59. The SMILES string of the molecule is CC(=O)S[C@@H]1CC2=CC(=O)CCC2(C)C2CCC3(C)C(C21)[C@@H]1C[C@@H]1[C@@]31CCC(=O)O1. The van der Waals surface area contributed by atoms with Crippen LogP contribution in [-0.2, 0) is 19.1 Å². The number of ether oxygens (including phenoxy) is 1. The minimum atomic E-state index is -0.255. The molecule has 0 aromatic rings. The molecule has 0 amide bonds. The Bertz CT molecular complexity index is 894. The van der Waals surface area contributed by atoms with E-state index in [1.807, 2.05) is 6.08 Å². The first-order valence-corrected chi connectivity index (χ1v) is 12.7. The lowest BCUT2D eigenvalue weighted by atomic mass is 9.45. The first kappa shape index (κ1) is 19.6. The Morgan fingerprint density at radius 1 is 1.13 bits per heavy atom. The van der Waals surface area contributed by atoms with Crippen molar-refractivity contribution < 1.29 is 19.1 Å². The number of hydrogen-bond acceptors (Lipinski definition) is 5. The fourth-order valence-electron chi connectivity index (χ4n) is 9.18. The zero-order valence-electron chi connectivity index (χ0n) is 18.2. The maximum absolute atomic E-state index is 12.3. The highest BCUT2D eigenvalue weighted by Gasteiger charge is 2.79. The molecule has 0 radical (unpaired) electrons. The Hall–Kier alpha value is -1.10.